The summed E-state index contributed by atoms with van der Waals surface area (Å²) >= 11 is 0. The maximum atomic E-state index is 10.5. The standard InChI is InChI=1S/C15H24O8/c1-15(20)4-2-7-3-5-21-13(9(7)15)23-14-12(19)11(18)10(17)8(6-16)22-14/h3,5,7-14,16-20H,2,4,6H2,1H3/t7-,8+,9+,10+,11-,12-,13-,14+,15-/m0/s1. The minimum Gasteiger partial charge on any atom is -0.472 e. The Bertz CT molecular complexity index is 451. The summed E-state index contributed by atoms with van der Waals surface area (Å²) in [6, 6.07) is 0. The van der Waals surface area contributed by atoms with Crippen LogP contribution in [0.1, 0.15) is 19.8 Å². The quantitative estimate of drug-likeness (QED) is 0.420. The van der Waals surface area contributed by atoms with Crippen LogP contribution in [0.2, 0.25) is 0 Å². The van der Waals surface area contributed by atoms with Gasteiger partial charge >= 0.3 is 0 Å². The van der Waals surface area contributed by atoms with Gasteiger partial charge in [0.15, 0.2) is 6.29 Å². The normalized spacial score (nSPS) is 53.0. The van der Waals surface area contributed by atoms with E-state index in [9.17, 15) is 25.5 Å². The summed E-state index contributed by atoms with van der Waals surface area (Å²) in [7, 11) is 0. The van der Waals surface area contributed by atoms with Gasteiger partial charge < -0.3 is 39.7 Å². The summed E-state index contributed by atoms with van der Waals surface area (Å²) in [5.41, 5.74) is -0.978. The second kappa shape index (κ2) is 6.29. The zero-order valence-electron chi connectivity index (χ0n) is 12.9. The maximum absolute atomic E-state index is 10.5. The molecular weight excluding hydrogens is 308 g/mol. The smallest absolute Gasteiger partial charge is 0.207 e. The SMILES string of the molecule is C[C@]1(O)CC[C@H]2C=CO[C@@H](O[C@H]3O[C@H](CO)[C@@H](O)[C@H](O)[C@@H]3O)[C@@H]21. The average Bonchev–Trinajstić information content (AvgIpc) is 2.84. The van der Waals surface area contributed by atoms with Gasteiger partial charge in [0.25, 0.3) is 0 Å². The highest BCUT2D eigenvalue weighted by atomic mass is 16.8. The number of rotatable bonds is 3. The molecule has 9 atom stereocenters. The fourth-order valence-electron chi connectivity index (χ4n) is 3.71. The van der Waals surface area contributed by atoms with Gasteiger partial charge in [0.05, 0.1) is 24.4 Å². The highest BCUT2D eigenvalue weighted by Gasteiger charge is 2.52. The molecule has 8 heteroatoms. The molecule has 1 saturated carbocycles. The zero-order chi connectivity index (χ0) is 16.8. The molecule has 8 nitrogen and oxygen atoms in total. The Hall–Kier alpha value is -0.740. The Labute approximate surface area is 133 Å². The summed E-state index contributed by atoms with van der Waals surface area (Å²) in [6.45, 7) is 1.18. The van der Waals surface area contributed by atoms with E-state index in [-0.39, 0.29) is 11.8 Å². The van der Waals surface area contributed by atoms with Crippen LogP contribution in [0.15, 0.2) is 12.3 Å². The Kier molecular flexibility index (Phi) is 4.67. The van der Waals surface area contributed by atoms with Crippen molar-refractivity contribution in [1.82, 2.24) is 0 Å². The monoisotopic (exact) mass is 332 g/mol. The van der Waals surface area contributed by atoms with E-state index >= 15 is 0 Å². The molecule has 0 aromatic rings. The largest absolute Gasteiger partial charge is 0.472 e. The molecule has 5 N–H and O–H groups in total. The van der Waals surface area contributed by atoms with Crippen LogP contribution in [0.3, 0.4) is 0 Å². The maximum Gasteiger partial charge on any atom is 0.207 e. The number of hydrogen-bond acceptors (Lipinski definition) is 8. The van der Waals surface area contributed by atoms with Crippen molar-refractivity contribution in [3.63, 3.8) is 0 Å². The van der Waals surface area contributed by atoms with Crippen LogP contribution >= 0.6 is 0 Å². The third-order valence-electron chi connectivity index (χ3n) is 5.11. The molecule has 0 aromatic heterocycles. The lowest BCUT2D eigenvalue weighted by atomic mass is 9.85. The number of aliphatic hydroxyl groups is 5. The zero-order valence-corrected chi connectivity index (χ0v) is 12.9. The molecule has 1 aliphatic carbocycles. The topological polar surface area (TPSA) is 129 Å². The van der Waals surface area contributed by atoms with Gasteiger partial charge in [-0.1, -0.05) is 0 Å². The summed E-state index contributed by atoms with van der Waals surface area (Å²) in [5.74, 6) is -0.242. The molecule has 0 aromatic carbocycles. The molecule has 0 radical (unpaired) electrons. The molecule has 0 amide bonds. The van der Waals surface area contributed by atoms with Crippen LogP contribution in [0.5, 0.6) is 0 Å². The lowest BCUT2D eigenvalue weighted by Gasteiger charge is -2.43. The Morgan fingerprint density at radius 2 is 1.91 bits per heavy atom. The molecular formula is C15H24O8. The number of ether oxygens (including phenoxy) is 3. The van der Waals surface area contributed by atoms with Crippen LogP contribution in [-0.2, 0) is 14.2 Å². The molecule has 0 unspecified atom stereocenters. The molecule has 132 valence electrons. The third-order valence-corrected chi connectivity index (χ3v) is 5.11. The van der Waals surface area contributed by atoms with Crippen molar-refractivity contribution in [3.8, 4) is 0 Å². The summed E-state index contributed by atoms with van der Waals surface area (Å²) in [5, 5.41) is 49.4. The van der Waals surface area contributed by atoms with Crippen molar-refractivity contribution in [2.75, 3.05) is 6.61 Å². The summed E-state index contributed by atoms with van der Waals surface area (Å²) in [6.07, 6.45) is -2.85. The second-order valence-electron chi connectivity index (χ2n) is 6.75. The first kappa shape index (κ1) is 17.1. The number of allylic oxidation sites excluding steroid dienone is 1. The summed E-state index contributed by atoms with van der Waals surface area (Å²) < 4.78 is 16.4. The Balaban J connectivity index is 1.74. The molecule has 23 heavy (non-hydrogen) atoms. The van der Waals surface area contributed by atoms with Gasteiger partial charge in [-0.15, -0.1) is 0 Å². The lowest BCUT2D eigenvalue weighted by Crippen LogP contribution is -2.60. The fraction of sp³-hybridized carbons (Fsp3) is 0.867. The third kappa shape index (κ3) is 3.00. The number of hydrogen-bond donors (Lipinski definition) is 5. The van der Waals surface area contributed by atoms with E-state index in [1.54, 1.807) is 6.92 Å². The van der Waals surface area contributed by atoms with Gasteiger partial charge in [-0.2, -0.15) is 0 Å². The van der Waals surface area contributed by atoms with E-state index < -0.39 is 49.2 Å². The van der Waals surface area contributed by atoms with E-state index in [1.807, 2.05) is 6.08 Å². The van der Waals surface area contributed by atoms with Crippen LogP contribution in [0, 0.1) is 11.8 Å². The van der Waals surface area contributed by atoms with Crippen LogP contribution in [-0.4, -0.2) is 74.7 Å². The van der Waals surface area contributed by atoms with Crippen molar-refractivity contribution < 1.29 is 39.7 Å². The number of aliphatic hydroxyl groups excluding tert-OH is 4. The highest BCUT2D eigenvalue weighted by Crippen LogP contribution is 2.46. The first-order valence-corrected chi connectivity index (χ1v) is 7.85. The molecule has 0 bridgehead atoms. The second-order valence-corrected chi connectivity index (χ2v) is 6.75. The summed E-state index contributed by atoms with van der Waals surface area (Å²) in [4.78, 5) is 0. The van der Waals surface area contributed by atoms with Crippen molar-refractivity contribution in [2.24, 2.45) is 11.8 Å². The fourth-order valence-corrected chi connectivity index (χ4v) is 3.71. The average molecular weight is 332 g/mol. The van der Waals surface area contributed by atoms with E-state index in [4.69, 9.17) is 14.2 Å². The minimum absolute atomic E-state index is 0.0913. The molecule has 2 fully saturated rings. The van der Waals surface area contributed by atoms with Gasteiger partial charge in [-0.25, -0.2) is 0 Å². The first-order valence-electron chi connectivity index (χ1n) is 7.85. The minimum atomic E-state index is -1.51. The molecule has 1 saturated heterocycles. The van der Waals surface area contributed by atoms with Crippen molar-refractivity contribution in [3.05, 3.63) is 12.3 Å². The number of fused-ring (bicyclic) bond motifs is 1. The van der Waals surface area contributed by atoms with Gasteiger partial charge in [0, 0.05) is 0 Å². The van der Waals surface area contributed by atoms with Crippen LogP contribution < -0.4 is 0 Å². The first-order chi connectivity index (χ1) is 10.8. The molecule has 2 heterocycles. The van der Waals surface area contributed by atoms with Crippen molar-refractivity contribution >= 4 is 0 Å². The molecule has 3 aliphatic rings. The predicted molar refractivity (Wildman–Crippen MR) is 75.7 cm³/mol. The lowest BCUT2D eigenvalue weighted by molar-refractivity contribution is -0.345. The van der Waals surface area contributed by atoms with E-state index in [0.29, 0.717) is 6.42 Å². The van der Waals surface area contributed by atoms with Crippen LogP contribution in [0.25, 0.3) is 0 Å². The predicted octanol–water partition coefficient (Wildman–Crippen LogP) is -1.55. The molecule has 2 aliphatic heterocycles. The van der Waals surface area contributed by atoms with E-state index in [2.05, 4.69) is 0 Å². The highest BCUT2D eigenvalue weighted by molar-refractivity contribution is 5.06. The molecule has 3 rings (SSSR count). The van der Waals surface area contributed by atoms with Gasteiger partial charge in [-0.05, 0) is 31.8 Å². The van der Waals surface area contributed by atoms with E-state index in [0.717, 1.165) is 6.42 Å². The van der Waals surface area contributed by atoms with Crippen molar-refractivity contribution in [2.45, 2.75) is 62.4 Å². The molecule has 0 spiro atoms. The van der Waals surface area contributed by atoms with Gasteiger partial charge in [-0.3, -0.25) is 0 Å². The van der Waals surface area contributed by atoms with Gasteiger partial charge in [0.2, 0.25) is 6.29 Å². The van der Waals surface area contributed by atoms with Crippen molar-refractivity contribution in [1.29, 1.82) is 0 Å². The Morgan fingerprint density at radius 1 is 1.17 bits per heavy atom. The van der Waals surface area contributed by atoms with E-state index in [1.165, 1.54) is 6.26 Å². The van der Waals surface area contributed by atoms with Crippen LogP contribution in [0.4, 0.5) is 0 Å². The van der Waals surface area contributed by atoms with Gasteiger partial charge in [0.1, 0.15) is 24.4 Å². The Morgan fingerprint density at radius 3 is 2.61 bits per heavy atom.